The molecule has 2 aliphatic heterocycles. The van der Waals surface area contributed by atoms with Gasteiger partial charge in [0.2, 0.25) is 5.91 Å². The first kappa shape index (κ1) is 24.8. The molecule has 0 aromatic heterocycles. The first-order chi connectivity index (χ1) is 14.1. The van der Waals surface area contributed by atoms with Gasteiger partial charge in [-0.1, -0.05) is 17.7 Å². The third-order valence-corrected chi connectivity index (χ3v) is 5.99. The third-order valence-electron chi connectivity index (χ3n) is 5.99. The van der Waals surface area contributed by atoms with Gasteiger partial charge in [0.15, 0.2) is 5.96 Å². The van der Waals surface area contributed by atoms with Crippen LogP contribution in [0.15, 0.2) is 29.3 Å². The summed E-state index contributed by atoms with van der Waals surface area (Å²) in [4.78, 5) is 21.7. The van der Waals surface area contributed by atoms with Gasteiger partial charge in [-0.05, 0) is 58.6 Å². The Kier molecular flexibility index (Phi) is 10.2. The summed E-state index contributed by atoms with van der Waals surface area (Å²) in [5, 5.41) is 6.89. The molecule has 168 valence electrons. The number of nitrogens with zero attached hydrogens (tertiary/aromatic N) is 3. The largest absolute Gasteiger partial charge is 0.369 e. The van der Waals surface area contributed by atoms with Crippen molar-refractivity contribution in [3.63, 3.8) is 0 Å². The molecule has 0 radical (unpaired) electrons. The molecule has 0 bridgehead atoms. The highest BCUT2D eigenvalue weighted by atomic mass is 127. The Hall–Kier alpha value is -1.51. The molecule has 1 aromatic rings. The van der Waals surface area contributed by atoms with Gasteiger partial charge in [0.05, 0.1) is 6.54 Å². The average molecular weight is 527 g/mol. The number of carbonyl (C=O) groups excluding carboxylic acids is 1. The molecule has 7 heteroatoms. The minimum Gasteiger partial charge on any atom is -0.369 e. The summed E-state index contributed by atoms with van der Waals surface area (Å²) in [6.07, 6.45) is 5.06. The number of rotatable bonds is 6. The summed E-state index contributed by atoms with van der Waals surface area (Å²) < 4.78 is 0. The molecule has 2 N–H and O–H groups in total. The normalized spacial score (nSPS) is 21.9. The highest BCUT2D eigenvalue weighted by molar-refractivity contribution is 14.0. The average Bonchev–Trinajstić information content (AvgIpc) is 3.17. The Bertz CT molecular complexity index is 693. The number of anilines is 1. The van der Waals surface area contributed by atoms with E-state index in [-0.39, 0.29) is 29.9 Å². The van der Waals surface area contributed by atoms with Crippen molar-refractivity contribution in [1.82, 2.24) is 15.5 Å². The lowest BCUT2D eigenvalue weighted by atomic mass is 10.0. The summed E-state index contributed by atoms with van der Waals surface area (Å²) in [7, 11) is 0. The lowest BCUT2D eigenvalue weighted by Crippen LogP contribution is -2.45. The molecule has 1 aromatic carbocycles. The molecule has 0 aliphatic carbocycles. The maximum atomic E-state index is 12.5. The van der Waals surface area contributed by atoms with E-state index in [2.05, 4.69) is 65.6 Å². The molecule has 2 heterocycles. The van der Waals surface area contributed by atoms with E-state index in [1.165, 1.54) is 17.7 Å². The molecule has 2 atom stereocenters. The van der Waals surface area contributed by atoms with Crippen molar-refractivity contribution in [3.8, 4) is 0 Å². The number of aliphatic imine (C=N–C) groups is 1. The van der Waals surface area contributed by atoms with Gasteiger partial charge in [0, 0.05) is 50.4 Å². The number of amides is 1. The van der Waals surface area contributed by atoms with Crippen LogP contribution in [0, 0.1) is 6.92 Å². The Morgan fingerprint density at radius 1 is 1.17 bits per heavy atom. The van der Waals surface area contributed by atoms with E-state index in [4.69, 9.17) is 0 Å². The monoisotopic (exact) mass is 527 g/mol. The Morgan fingerprint density at radius 2 is 1.93 bits per heavy atom. The molecule has 3 rings (SSSR count). The van der Waals surface area contributed by atoms with Crippen molar-refractivity contribution in [2.24, 2.45) is 4.99 Å². The minimum atomic E-state index is 0. The van der Waals surface area contributed by atoms with Crippen LogP contribution in [0.5, 0.6) is 0 Å². The van der Waals surface area contributed by atoms with Gasteiger partial charge in [-0.2, -0.15) is 0 Å². The minimum absolute atomic E-state index is 0. The Labute approximate surface area is 198 Å². The first-order valence-corrected chi connectivity index (χ1v) is 11.2. The fourth-order valence-corrected chi connectivity index (χ4v) is 4.26. The molecular weight excluding hydrogens is 489 g/mol. The lowest BCUT2D eigenvalue weighted by Gasteiger charge is -2.33. The van der Waals surface area contributed by atoms with Crippen LogP contribution in [0.3, 0.4) is 0 Å². The van der Waals surface area contributed by atoms with Crippen molar-refractivity contribution < 1.29 is 4.79 Å². The van der Waals surface area contributed by atoms with E-state index in [0.717, 1.165) is 51.4 Å². The summed E-state index contributed by atoms with van der Waals surface area (Å²) in [5.41, 5.74) is 2.57. The second kappa shape index (κ2) is 12.4. The van der Waals surface area contributed by atoms with Crippen LogP contribution in [0.25, 0.3) is 0 Å². The van der Waals surface area contributed by atoms with Gasteiger partial charge >= 0.3 is 0 Å². The van der Waals surface area contributed by atoms with Crippen LogP contribution < -0.4 is 15.5 Å². The molecule has 2 unspecified atom stereocenters. The van der Waals surface area contributed by atoms with Gasteiger partial charge in [0.25, 0.3) is 0 Å². The third kappa shape index (κ3) is 7.03. The number of piperidine rings is 1. The molecular formula is C23H38IN5O. The quantitative estimate of drug-likeness (QED) is 0.338. The highest BCUT2D eigenvalue weighted by Gasteiger charge is 2.24. The van der Waals surface area contributed by atoms with Crippen molar-refractivity contribution >= 4 is 41.5 Å². The van der Waals surface area contributed by atoms with Crippen LogP contribution in [0.1, 0.15) is 51.5 Å². The molecule has 2 fully saturated rings. The van der Waals surface area contributed by atoms with Crippen molar-refractivity contribution in [1.29, 1.82) is 0 Å². The molecule has 0 spiro atoms. The Balaban J connectivity index is 0.00000320. The zero-order chi connectivity index (χ0) is 20.6. The summed E-state index contributed by atoms with van der Waals surface area (Å²) >= 11 is 0. The second-order valence-corrected chi connectivity index (χ2v) is 8.35. The predicted octanol–water partition coefficient (Wildman–Crippen LogP) is 3.54. The number of nitrogens with one attached hydrogen (secondary N) is 2. The van der Waals surface area contributed by atoms with Gasteiger partial charge in [-0.25, -0.2) is 0 Å². The van der Waals surface area contributed by atoms with Crippen LogP contribution >= 0.6 is 24.0 Å². The van der Waals surface area contributed by atoms with E-state index >= 15 is 0 Å². The van der Waals surface area contributed by atoms with Gasteiger partial charge in [-0.3, -0.25) is 9.79 Å². The topological polar surface area (TPSA) is 60.0 Å². The van der Waals surface area contributed by atoms with Crippen LogP contribution in [-0.2, 0) is 4.79 Å². The predicted molar refractivity (Wildman–Crippen MR) is 136 cm³/mol. The number of carbonyl (C=O) groups is 1. The van der Waals surface area contributed by atoms with Crippen LogP contribution in [0.4, 0.5) is 5.69 Å². The van der Waals surface area contributed by atoms with Crippen molar-refractivity contribution in [2.75, 3.05) is 37.6 Å². The number of hydrogen-bond acceptors (Lipinski definition) is 3. The molecule has 2 saturated heterocycles. The number of aryl methyl sites for hydroxylation is 1. The molecule has 1 amide bonds. The zero-order valence-corrected chi connectivity index (χ0v) is 21.0. The van der Waals surface area contributed by atoms with Crippen molar-refractivity contribution in [2.45, 2.75) is 65.0 Å². The highest BCUT2D eigenvalue weighted by Crippen LogP contribution is 2.21. The maximum Gasteiger partial charge on any atom is 0.224 e. The van der Waals surface area contributed by atoms with Gasteiger partial charge < -0.3 is 20.4 Å². The smallest absolute Gasteiger partial charge is 0.224 e. The fourth-order valence-electron chi connectivity index (χ4n) is 4.26. The van der Waals surface area contributed by atoms with E-state index in [1.54, 1.807) is 0 Å². The van der Waals surface area contributed by atoms with Crippen LogP contribution in [-0.4, -0.2) is 61.6 Å². The summed E-state index contributed by atoms with van der Waals surface area (Å²) in [6.45, 7) is 10.6. The van der Waals surface area contributed by atoms with Crippen molar-refractivity contribution in [3.05, 3.63) is 29.8 Å². The van der Waals surface area contributed by atoms with E-state index in [9.17, 15) is 4.79 Å². The zero-order valence-electron chi connectivity index (χ0n) is 18.7. The SMILES string of the molecule is CCNC(=NCCC(=O)N1CCCCC1C)NC1CCN(c2ccc(C)cc2)C1.I. The Morgan fingerprint density at radius 3 is 2.63 bits per heavy atom. The second-order valence-electron chi connectivity index (χ2n) is 8.35. The van der Waals surface area contributed by atoms with E-state index in [1.807, 2.05) is 4.90 Å². The van der Waals surface area contributed by atoms with E-state index in [0.29, 0.717) is 25.0 Å². The molecule has 30 heavy (non-hydrogen) atoms. The molecule has 0 saturated carbocycles. The number of benzene rings is 1. The standard InChI is InChI=1S/C23H37N5O.HI/c1-4-24-23(25-14-12-22(29)28-15-6-5-7-19(28)3)26-20-13-16-27(17-20)21-10-8-18(2)9-11-21;/h8-11,19-20H,4-7,12-17H2,1-3H3,(H2,24,25,26);1H. The number of likely N-dealkylation sites (tertiary alicyclic amines) is 1. The first-order valence-electron chi connectivity index (χ1n) is 11.2. The number of guanidine groups is 1. The van der Waals surface area contributed by atoms with Gasteiger partial charge in [0.1, 0.15) is 0 Å². The molecule has 6 nitrogen and oxygen atoms in total. The maximum absolute atomic E-state index is 12.5. The number of hydrogen-bond donors (Lipinski definition) is 2. The number of halogens is 1. The molecule has 2 aliphatic rings. The lowest BCUT2D eigenvalue weighted by molar-refractivity contribution is -0.134. The summed E-state index contributed by atoms with van der Waals surface area (Å²) in [5.74, 6) is 1.06. The van der Waals surface area contributed by atoms with E-state index < -0.39 is 0 Å². The van der Waals surface area contributed by atoms with Crippen LogP contribution in [0.2, 0.25) is 0 Å². The fraction of sp³-hybridized carbons (Fsp3) is 0.652. The summed E-state index contributed by atoms with van der Waals surface area (Å²) in [6, 6.07) is 9.47. The van der Waals surface area contributed by atoms with Gasteiger partial charge in [-0.15, -0.1) is 24.0 Å².